The quantitative estimate of drug-likeness (QED) is 0.640. The molecular weight excluding hydrogens is 350 g/mol. The molecule has 0 bridgehead atoms. The maximum absolute atomic E-state index is 12.4. The molecule has 1 N–H and O–H groups in total. The summed E-state index contributed by atoms with van der Waals surface area (Å²) in [4.78, 5) is 24.2. The molecule has 1 saturated heterocycles. The predicted octanol–water partition coefficient (Wildman–Crippen LogP) is 2.37. The third-order valence-corrected chi connectivity index (χ3v) is 4.30. The van der Waals surface area contributed by atoms with Crippen molar-refractivity contribution in [2.75, 3.05) is 20.3 Å². The average molecular weight is 368 g/mol. The Kier molecular flexibility index (Phi) is 5.74. The first kappa shape index (κ1) is 16.7. The first-order valence-electron chi connectivity index (χ1n) is 6.93. The zero-order valence-corrected chi connectivity index (χ0v) is 13.9. The number of methoxy groups -OCH3 is 1. The first-order chi connectivity index (χ1) is 10.5. The number of piperidine rings is 1. The Balaban J connectivity index is 2.26. The highest BCUT2D eigenvalue weighted by molar-refractivity contribution is 9.10. The number of hydrogen-bond donors (Lipinski definition) is 1. The van der Waals surface area contributed by atoms with E-state index in [-0.39, 0.29) is 24.9 Å². The van der Waals surface area contributed by atoms with Crippen LogP contribution >= 0.6 is 15.9 Å². The SMILES string of the molecule is C=C1NC(=O)C[C@@H](c2ccccc2Br)[C@@H]1C(=O)OCCOC. The number of benzene rings is 1. The molecule has 5 nitrogen and oxygen atoms in total. The zero-order valence-electron chi connectivity index (χ0n) is 12.3. The lowest BCUT2D eigenvalue weighted by molar-refractivity contribution is -0.150. The van der Waals surface area contributed by atoms with Crippen molar-refractivity contribution in [2.24, 2.45) is 5.92 Å². The fraction of sp³-hybridized carbons (Fsp3) is 0.375. The van der Waals surface area contributed by atoms with E-state index >= 15 is 0 Å². The summed E-state index contributed by atoms with van der Waals surface area (Å²) < 4.78 is 11.0. The second kappa shape index (κ2) is 7.56. The molecule has 1 aromatic carbocycles. The lowest BCUT2D eigenvalue weighted by Gasteiger charge is -2.32. The molecule has 1 aromatic rings. The van der Waals surface area contributed by atoms with Crippen LogP contribution in [-0.4, -0.2) is 32.2 Å². The monoisotopic (exact) mass is 367 g/mol. The standard InChI is InChI=1S/C16H18BrNO4/c1-10-15(16(20)22-8-7-21-2)12(9-14(19)18-10)11-5-3-4-6-13(11)17/h3-6,12,15H,1,7-9H2,2H3,(H,18,19)/t12-,15+/m0/s1. The molecule has 1 aliphatic rings. The minimum absolute atomic E-state index is 0.147. The van der Waals surface area contributed by atoms with Crippen LogP contribution in [0, 0.1) is 5.92 Å². The zero-order chi connectivity index (χ0) is 16.1. The van der Waals surface area contributed by atoms with Gasteiger partial charge in [-0.3, -0.25) is 9.59 Å². The van der Waals surface area contributed by atoms with Crippen molar-refractivity contribution in [1.29, 1.82) is 0 Å². The number of amides is 1. The van der Waals surface area contributed by atoms with Gasteiger partial charge in [0, 0.05) is 29.6 Å². The number of ether oxygens (including phenoxy) is 2. The van der Waals surface area contributed by atoms with Crippen molar-refractivity contribution in [2.45, 2.75) is 12.3 Å². The Morgan fingerprint density at radius 3 is 2.82 bits per heavy atom. The molecule has 0 radical (unpaired) electrons. The summed E-state index contributed by atoms with van der Waals surface area (Å²) >= 11 is 3.48. The van der Waals surface area contributed by atoms with Gasteiger partial charge >= 0.3 is 5.97 Å². The highest BCUT2D eigenvalue weighted by atomic mass is 79.9. The number of rotatable bonds is 5. The molecule has 1 fully saturated rings. The van der Waals surface area contributed by atoms with E-state index in [0.717, 1.165) is 10.0 Å². The van der Waals surface area contributed by atoms with Crippen molar-refractivity contribution in [3.8, 4) is 0 Å². The van der Waals surface area contributed by atoms with E-state index in [9.17, 15) is 9.59 Å². The van der Waals surface area contributed by atoms with Gasteiger partial charge in [-0.25, -0.2) is 0 Å². The number of esters is 1. The van der Waals surface area contributed by atoms with Crippen LogP contribution in [0.3, 0.4) is 0 Å². The predicted molar refractivity (Wildman–Crippen MR) is 85.1 cm³/mol. The summed E-state index contributed by atoms with van der Waals surface area (Å²) in [7, 11) is 1.54. The second-order valence-corrected chi connectivity index (χ2v) is 5.90. The molecule has 0 spiro atoms. The van der Waals surface area contributed by atoms with Crippen molar-refractivity contribution in [1.82, 2.24) is 5.32 Å². The first-order valence-corrected chi connectivity index (χ1v) is 7.72. The van der Waals surface area contributed by atoms with Crippen molar-refractivity contribution < 1.29 is 19.1 Å². The number of hydrogen-bond acceptors (Lipinski definition) is 4. The fourth-order valence-electron chi connectivity index (χ4n) is 2.56. The van der Waals surface area contributed by atoms with Gasteiger partial charge in [0.25, 0.3) is 0 Å². The Labute approximate surface area is 137 Å². The molecule has 0 aliphatic carbocycles. The molecule has 2 atom stereocenters. The summed E-state index contributed by atoms with van der Waals surface area (Å²) in [5.41, 5.74) is 1.27. The van der Waals surface area contributed by atoms with Gasteiger partial charge in [-0.05, 0) is 11.6 Å². The van der Waals surface area contributed by atoms with E-state index in [1.165, 1.54) is 7.11 Å². The van der Waals surface area contributed by atoms with Gasteiger partial charge in [0.05, 0.1) is 6.61 Å². The van der Waals surface area contributed by atoms with E-state index in [1.54, 1.807) is 0 Å². The number of carbonyl (C=O) groups is 2. The van der Waals surface area contributed by atoms with Crippen LogP contribution in [0.15, 0.2) is 41.0 Å². The Morgan fingerprint density at radius 1 is 1.41 bits per heavy atom. The molecule has 22 heavy (non-hydrogen) atoms. The van der Waals surface area contributed by atoms with Crippen LogP contribution < -0.4 is 5.32 Å². The summed E-state index contributed by atoms with van der Waals surface area (Å²) in [5, 5.41) is 2.64. The van der Waals surface area contributed by atoms with Gasteiger partial charge in [0.1, 0.15) is 12.5 Å². The summed E-state index contributed by atoms with van der Waals surface area (Å²) in [5.74, 6) is -1.45. The van der Waals surface area contributed by atoms with Gasteiger partial charge in [-0.2, -0.15) is 0 Å². The molecule has 0 saturated carbocycles. The molecule has 2 rings (SSSR count). The molecule has 0 unspecified atom stereocenters. The van der Waals surface area contributed by atoms with E-state index in [0.29, 0.717) is 12.3 Å². The van der Waals surface area contributed by atoms with Gasteiger partial charge in [0.15, 0.2) is 0 Å². The average Bonchev–Trinajstić information content (AvgIpc) is 2.47. The van der Waals surface area contributed by atoms with Gasteiger partial charge < -0.3 is 14.8 Å². The Morgan fingerprint density at radius 2 is 2.14 bits per heavy atom. The minimum Gasteiger partial charge on any atom is -0.463 e. The van der Waals surface area contributed by atoms with Crippen molar-refractivity contribution in [3.05, 3.63) is 46.6 Å². The molecule has 0 aromatic heterocycles. The summed E-state index contributed by atoms with van der Waals surface area (Å²) in [6, 6.07) is 7.55. The normalized spacial score (nSPS) is 21.4. The maximum atomic E-state index is 12.4. The minimum atomic E-state index is -0.603. The van der Waals surface area contributed by atoms with Crippen LogP contribution in [-0.2, 0) is 19.1 Å². The lowest BCUT2D eigenvalue weighted by atomic mass is 9.79. The van der Waals surface area contributed by atoms with Crippen LogP contribution in [0.4, 0.5) is 0 Å². The van der Waals surface area contributed by atoms with Gasteiger partial charge in [0.2, 0.25) is 5.91 Å². The van der Waals surface area contributed by atoms with Gasteiger partial charge in [-0.15, -0.1) is 0 Å². The van der Waals surface area contributed by atoms with Crippen LogP contribution in [0.1, 0.15) is 17.9 Å². The highest BCUT2D eigenvalue weighted by Gasteiger charge is 2.39. The largest absolute Gasteiger partial charge is 0.463 e. The molecule has 1 aliphatic heterocycles. The van der Waals surface area contributed by atoms with E-state index in [1.807, 2.05) is 24.3 Å². The molecular formula is C16H18BrNO4. The van der Waals surface area contributed by atoms with E-state index in [2.05, 4.69) is 27.8 Å². The lowest BCUT2D eigenvalue weighted by Crippen LogP contribution is -2.41. The fourth-order valence-corrected chi connectivity index (χ4v) is 3.13. The molecule has 1 amide bonds. The second-order valence-electron chi connectivity index (χ2n) is 5.04. The number of carbonyl (C=O) groups excluding carboxylic acids is 2. The smallest absolute Gasteiger partial charge is 0.315 e. The van der Waals surface area contributed by atoms with E-state index < -0.39 is 11.9 Å². The van der Waals surface area contributed by atoms with E-state index in [4.69, 9.17) is 9.47 Å². The topological polar surface area (TPSA) is 64.6 Å². The Hall–Kier alpha value is -1.66. The summed E-state index contributed by atoms with van der Waals surface area (Å²) in [6.07, 6.45) is 0.214. The molecule has 6 heteroatoms. The van der Waals surface area contributed by atoms with Crippen LogP contribution in [0.25, 0.3) is 0 Å². The number of nitrogens with one attached hydrogen (secondary N) is 1. The van der Waals surface area contributed by atoms with Gasteiger partial charge in [-0.1, -0.05) is 40.7 Å². The molecule has 1 heterocycles. The highest BCUT2D eigenvalue weighted by Crippen LogP contribution is 2.38. The maximum Gasteiger partial charge on any atom is 0.315 e. The van der Waals surface area contributed by atoms with Crippen LogP contribution in [0.5, 0.6) is 0 Å². The number of halogens is 1. The third kappa shape index (κ3) is 3.75. The van der Waals surface area contributed by atoms with Crippen molar-refractivity contribution in [3.63, 3.8) is 0 Å². The van der Waals surface area contributed by atoms with Crippen LogP contribution in [0.2, 0.25) is 0 Å². The molecule has 118 valence electrons. The summed E-state index contributed by atoms with van der Waals surface area (Å²) in [6.45, 7) is 4.33. The third-order valence-electron chi connectivity index (χ3n) is 3.57. The Bertz CT molecular complexity index is 587. The van der Waals surface area contributed by atoms with Crippen molar-refractivity contribution >= 4 is 27.8 Å².